The van der Waals surface area contributed by atoms with Crippen molar-refractivity contribution in [1.29, 1.82) is 0 Å². The summed E-state index contributed by atoms with van der Waals surface area (Å²) >= 11 is 0. The SMILES string of the molecule is Cc1nc(C(NC(=O)C2Oc3ccccc3OC2C)c2ccccc2OC(F)(F)F)no1. The molecule has 1 aliphatic heterocycles. The lowest BCUT2D eigenvalue weighted by molar-refractivity contribution is -0.275. The third kappa shape index (κ3) is 4.61. The Balaban J connectivity index is 1.65. The number of carbonyl (C=O) groups is 1. The fourth-order valence-corrected chi connectivity index (χ4v) is 3.28. The number of hydrogen-bond donors (Lipinski definition) is 1. The number of benzene rings is 2. The van der Waals surface area contributed by atoms with E-state index < -0.39 is 36.3 Å². The van der Waals surface area contributed by atoms with Crippen molar-refractivity contribution >= 4 is 5.91 Å². The summed E-state index contributed by atoms with van der Waals surface area (Å²) in [4.78, 5) is 17.2. The van der Waals surface area contributed by atoms with Gasteiger partial charge in [0.15, 0.2) is 17.3 Å². The summed E-state index contributed by atoms with van der Waals surface area (Å²) in [6.07, 6.45) is -6.67. The molecule has 0 fully saturated rings. The number of aryl methyl sites for hydroxylation is 1. The lowest BCUT2D eigenvalue weighted by Crippen LogP contribution is -2.50. The first-order valence-corrected chi connectivity index (χ1v) is 9.59. The average Bonchev–Trinajstić information content (AvgIpc) is 3.17. The van der Waals surface area contributed by atoms with Crippen molar-refractivity contribution in [3.63, 3.8) is 0 Å². The molecule has 3 aromatic rings. The number of rotatable bonds is 5. The van der Waals surface area contributed by atoms with E-state index in [1.54, 1.807) is 31.2 Å². The van der Waals surface area contributed by atoms with Crippen LogP contribution in [0, 0.1) is 6.92 Å². The Morgan fingerprint density at radius 2 is 1.75 bits per heavy atom. The van der Waals surface area contributed by atoms with Crippen LogP contribution in [0.25, 0.3) is 0 Å². The Hall–Kier alpha value is -3.76. The molecular weight excluding hydrogens is 431 g/mol. The van der Waals surface area contributed by atoms with Crippen molar-refractivity contribution in [3.05, 3.63) is 65.8 Å². The molecule has 0 bridgehead atoms. The molecule has 2 heterocycles. The number of fused-ring (bicyclic) bond motifs is 1. The van der Waals surface area contributed by atoms with Gasteiger partial charge in [-0.15, -0.1) is 13.2 Å². The number of para-hydroxylation sites is 3. The van der Waals surface area contributed by atoms with Gasteiger partial charge in [-0.05, 0) is 25.1 Å². The number of nitrogens with zero attached hydrogens (tertiary/aromatic N) is 2. The Kier molecular flexibility index (Phi) is 5.64. The second-order valence-corrected chi connectivity index (χ2v) is 7.01. The Bertz CT molecular complexity index is 1120. The second kappa shape index (κ2) is 8.40. The summed E-state index contributed by atoms with van der Waals surface area (Å²) in [5, 5.41) is 6.42. The summed E-state index contributed by atoms with van der Waals surface area (Å²) in [5.74, 6) is -0.156. The van der Waals surface area contributed by atoms with E-state index in [4.69, 9.17) is 14.0 Å². The standard InChI is InChI=1S/C21H18F3N3O5/c1-11-18(30-16-10-6-5-9-15(16)29-11)20(28)26-17(19-25-12(2)32-27-19)13-7-3-4-8-14(13)31-21(22,23)24/h3-11,17-18H,1-2H3,(H,26,28). The molecule has 8 nitrogen and oxygen atoms in total. The number of nitrogens with one attached hydrogen (secondary N) is 1. The zero-order chi connectivity index (χ0) is 22.9. The molecular formula is C21H18F3N3O5. The maximum absolute atomic E-state index is 13.1. The fourth-order valence-electron chi connectivity index (χ4n) is 3.28. The van der Waals surface area contributed by atoms with Crippen LogP contribution in [0.1, 0.15) is 30.2 Å². The van der Waals surface area contributed by atoms with Gasteiger partial charge in [0.25, 0.3) is 5.91 Å². The quantitative estimate of drug-likeness (QED) is 0.634. The van der Waals surface area contributed by atoms with Crippen molar-refractivity contribution in [3.8, 4) is 17.2 Å². The van der Waals surface area contributed by atoms with Crippen LogP contribution in [0.15, 0.2) is 53.1 Å². The first kappa shape index (κ1) is 21.5. The van der Waals surface area contributed by atoms with Gasteiger partial charge in [0.1, 0.15) is 17.9 Å². The van der Waals surface area contributed by atoms with Gasteiger partial charge in [-0.1, -0.05) is 35.5 Å². The van der Waals surface area contributed by atoms with E-state index in [0.717, 1.165) is 6.07 Å². The normalized spacial score (nSPS) is 18.7. The molecule has 1 amide bonds. The molecule has 1 N–H and O–H groups in total. The van der Waals surface area contributed by atoms with Gasteiger partial charge in [0, 0.05) is 12.5 Å². The van der Waals surface area contributed by atoms with E-state index >= 15 is 0 Å². The number of amides is 1. The minimum absolute atomic E-state index is 0.0104. The Labute approximate surface area is 180 Å². The largest absolute Gasteiger partial charge is 0.573 e. The smallest absolute Gasteiger partial charge is 0.482 e. The van der Waals surface area contributed by atoms with E-state index in [9.17, 15) is 18.0 Å². The van der Waals surface area contributed by atoms with Crippen LogP contribution in [0.3, 0.4) is 0 Å². The van der Waals surface area contributed by atoms with Crippen molar-refractivity contribution < 1.29 is 36.7 Å². The lowest BCUT2D eigenvalue weighted by Gasteiger charge is -2.32. The number of ether oxygens (including phenoxy) is 3. The molecule has 168 valence electrons. The molecule has 4 rings (SSSR count). The third-order valence-corrected chi connectivity index (χ3v) is 4.64. The van der Waals surface area contributed by atoms with Crippen molar-refractivity contribution in [2.24, 2.45) is 0 Å². The highest BCUT2D eigenvalue weighted by atomic mass is 19.4. The zero-order valence-electron chi connectivity index (χ0n) is 16.9. The second-order valence-electron chi connectivity index (χ2n) is 7.01. The van der Waals surface area contributed by atoms with Crippen molar-refractivity contribution in [2.75, 3.05) is 0 Å². The minimum atomic E-state index is -4.93. The number of halogens is 3. The van der Waals surface area contributed by atoms with Crippen LogP contribution >= 0.6 is 0 Å². The summed E-state index contributed by atoms with van der Waals surface area (Å²) in [6.45, 7) is 3.17. The van der Waals surface area contributed by atoms with Gasteiger partial charge in [0.2, 0.25) is 12.0 Å². The van der Waals surface area contributed by atoms with Crippen molar-refractivity contribution in [1.82, 2.24) is 15.5 Å². The van der Waals surface area contributed by atoms with Crippen LogP contribution in [-0.2, 0) is 4.79 Å². The van der Waals surface area contributed by atoms with Crippen LogP contribution in [0.5, 0.6) is 17.2 Å². The predicted octanol–water partition coefficient (Wildman–Crippen LogP) is 3.71. The zero-order valence-corrected chi connectivity index (χ0v) is 16.9. The molecule has 0 saturated carbocycles. The monoisotopic (exact) mass is 449 g/mol. The minimum Gasteiger partial charge on any atom is -0.482 e. The summed E-state index contributed by atoms with van der Waals surface area (Å²) in [5.41, 5.74) is -0.0104. The highest BCUT2D eigenvalue weighted by molar-refractivity contribution is 5.83. The maximum atomic E-state index is 13.1. The van der Waals surface area contributed by atoms with E-state index in [1.807, 2.05) is 0 Å². The first-order valence-electron chi connectivity index (χ1n) is 9.59. The van der Waals surface area contributed by atoms with Gasteiger partial charge in [-0.25, -0.2) is 0 Å². The van der Waals surface area contributed by atoms with Crippen LogP contribution < -0.4 is 19.5 Å². The van der Waals surface area contributed by atoms with Gasteiger partial charge >= 0.3 is 6.36 Å². The molecule has 2 aromatic carbocycles. The molecule has 1 aromatic heterocycles. The van der Waals surface area contributed by atoms with E-state index in [2.05, 4.69) is 20.2 Å². The molecule has 0 spiro atoms. The molecule has 11 heteroatoms. The molecule has 0 radical (unpaired) electrons. The van der Waals surface area contributed by atoms with Crippen LogP contribution in [0.2, 0.25) is 0 Å². The van der Waals surface area contributed by atoms with E-state index in [1.165, 1.54) is 25.1 Å². The third-order valence-electron chi connectivity index (χ3n) is 4.64. The molecule has 3 unspecified atom stereocenters. The molecule has 3 atom stereocenters. The average molecular weight is 449 g/mol. The Morgan fingerprint density at radius 1 is 1.09 bits per heavy atom. The highest BCUT2D eigenvalue weighted by Gasteiger charge is 2.38. The van der Waals surface area contributed by atoms with Gasteiger partial charge in [0.05, 0.1) is 0 Å². The van der Waals surface area contributed by atoms with Crippen molar-refractivity contribution in [2.45, 2.75) is 38.5 Å². The maximum Gasteiger partial charge on any atom is 0.573 e. The first-order chi connectivity index (χ1) is 15.2. The number of alkyl halides is 3. The van der Waals surface area contributed by atoms with E-state index in [-0.39, 0.29) is 17.3 Å². The number of carbonyl (C=O) groups excluding carboxylic acids is 1. The van der Waals surface area contributed by atoms with Gasteiger partial charge < -0.3 is 24.1 Å². The topological polar surface area (TPSA) is 95.7 Å². The summed E-state index contributed by atoms with van der Waals surface area (Å²) in [6, 6.07) is 11.0. The van der Waals surface area contributed by atoms with Gasteiger partial charge in [-0.3, -0.25) is 4.79 Å². The number of hydrogen-bond acceptors (Lipinski definition) is 7. The molecule has 1 aliphatic rings. The Morgan fingerprint density at radius 3 is 2.41 bits per heavy atom. The molecule has 32 heavy (non-hydrogen) atoms. The summed E-state index contributed by atoms with van der Waals surface area (Å²) < 4.78 is 59.5. The fraction of sp³-hybridized carbons (Fsp3) is 0.286. The summed E-state index contributed by atoms with van der Waals surface area (Å²) in [7, 11) is 0. The lowest BCUT2D eigenvalue weighted by atomic mass is 10.0. The van der Waals surface area contributed by atoms with Crippen LogP contribution in [0.4, 0.5) is 13.2 Å². The highest BCUT2D eigenvalue weighted by Crippen LogP contribution is 2.35. The molecule has 0 aliphatic carbocycles. The molecule has 0 saturated heterocycles. The van der Waals surface area contributed by atoms with Gasteiger partial charge in [-0.2, -0.15) is 4.98 Å². The number of aromatic nitrogens is 2. The predicted molar refractivity (Wildman–Crippen MR) is 103 cm³/mol. The van der Waals surface area contributed by atoms with E-state index in [0.29, 0.717) is 11.5 Å². The van der Waals surface area contributed by atoms with Crippen LogP contribution in [-0.4, -0.2) is 34.6 Å².